The van der Waals surface area contributed by atoms with Crippen molar-refractivity contribution in [2.45, 2.75) is 38.6 Å². The van der Waals surface area contributed by atoms with E-state index in [1.807, 2.05) is 42.2 Å². The molecule has 4 rings (SSSR count). The fraction of sp³-hybridized carbons (Fsp3) is 0.364. The summed E-state index contributed by atoms with van der Waals surface area (Å²) in [5.41, 5.74) is 1.63. The van der Waals surface area contributed by atoms with Crippen LogP contribution in [0, 0.1) is 5.82 Å². The number of halogens is 1. The summed E-state index contributed by atoms with van der Waals surface area (Å²) in [5.74, 6) is 0.978. The molecule has 0 aliphatic carbocycles. The molecule has 1 aliphatic heterocycles. The van der Waals surface area contributed by atoms with Gasteiger partial charge >= 0.3 is 0 Å². The predicted octanol–water partition coefficient (Wildman–Crippen LogP) is 4.34. The zero-order chi connectivity index (χ0) is 19.5. The molecule has 1 fully saturated rings. The molecule has 1 N–H and O–H groups in total. The minimum atomic E-state index is -0.331. The van der Waals surface area contributed by atoms with Crippen LogP contribution in [-0.4, -0.2) is 40.0 Å². The molecule has 5 nitrogen and oxygen atoms in total. The highest BCUT2D eigenvalue weighted by Crippen LogP contribution is 2.27. The molecule has 1 amide bonds. The van der Waals surface area contributed by atoms with Crippen LogP contribution in [0.4, 0.5) is 4.39 Å². The number of hydrogen-bond donors (Lipinski definition) is 1. The van der Waals surface area contributed by atoms with Crippen LogP contribution in [0.1, 0.15) is 42.4 Å². The largest absolute Gasteiger partial charge is 0.493 e. The number of nitrogens with one attached hydrogen (secondary N) is 1. The van der Waals surface area contributed by atoms with Gasteiger partial charge in [0.25, 0.3) is 5.91 Å². The quantitative estimate of drug-likeness (QED) is 0.715. The van der Waals surface area contributed by atoms with E-state index < -0.39 is 0 Å². The molecular formula is C22H24FN3O2. The monoisotopic (exact) mass is 381 g/mol. The van der Waals surface area contributed by atoms with E-state index >= 15 is 0 Å². The fourth-order valence-corrected chi connectivity index (χ4v) is 3.93. The Labute approximate surface area is 163 Å². The lowest BCUT2D eigenvalue weighted by Gasteiger charge is -2.35. The second-order valence-electron chi connectivity index (χ2n) is 7.10. The van der Waals surface area contributed by atoms with Crippen molar-refractivity contribution in [2.24, 2.45) is 0 Å². The molecule has 3 aromatic rings. The van der Waals surface area contributed by atoms with Gasteiger partial charge in [0.1, 0.15) is 17.1 Å². The molecule has 0 radical (unpaired) electrons. The lowest BCUT2D eigenvalue weighted by molar-refractivity contribution is 0.0607. The lowest BCUT2D eigenvalue weighted by atomic mass is 9.97. The second-order valence-corrected chi connectivity index (χ2v) is 7.10. The third-order valence-electron chi connectivity index (χ3n) is 5.25. The topological polar surface area (TPSA) is 58.2 Å². The van der Waals surface area contributed by atoms with Crippen LogP contribution in [0.3, 0.4) is 0 Å². The van der Waals surface area contributed by atoms with Crippen LogP contribution in [0.15, 0.2) is 42.5 Å². The van der Waals surface area contributed by atoms with E-state index in [1.165, 1.54) is 6.07 Å². The molecule has 28 heavy (non-hydrogen) atoms. The Balaban J connectivity index is 1.59. The molecule has 0 saturated carbocycles. The predicted molar refractivity (Wildman–Crippen MR) is 106 cm³/mol. The Bertz CT molecular complexity index is 985. The van der Waals surface area contributed by atoms with Gasteiger partial charge in [-0.25, -0.2) is 9.37 Å². The first-order chi connectivity index (χ1) is 13.7. The Hall–Kier alpha value is -2.89. The maximum atomic E-state index is 14.0. The van der Waals surface area contributed by atoms with E-state index in [1.54, 1.807) is 6.07 Å². The Kier molecular flexibility index (Phi) is 5.28. The van der Waals surface area contributed by atoms with Crippen molar-refractivity contribution in [3.63, 3.8) is 0 Å². The van der Waals surface area contributed by atoms with Gasteiger partial charge < -0.3 is 14.6 Å². The highest BCUT2D eigenvalue weighted by atomic mass is 19.1. The van der Waals surface area contributed by atoms with Gasteiger partial charge in [-0.15, -0.1) is 0 Å². The number of hydrogen-bond acceptors (Lipinski definition) is 3. The first-order valence-corrected chi connectivity index (χ1v) is 9.83. The number of ether oxygens (including phenoxy) is 1. The fourth-order valence-electron chi connectivity index (χ4n) is 3.93. The summed E-state index contributed by atoms with van der Waals surface area (Å²) in [7, 11) is 0. The molecule has 0 bridgehead atoms. The van der Waals surface area contributed by atoms with E-state index in [2.05, 4.69) is 9.97 Å². The van der Waals surface area contributed by atoms with Crippen LogP contribution >= 0.6 is 0 Å². The van der Waals surface area contributed by atoms with Crippen molar-refractivity contribution >= 4 is 16.9 Å². The molecule has 146 valence electrons. The number of aromatic amines is 1. The van der Waals surface area contributed by atoms with E-state index in [0.717, 1.165) is 19.3 Å². The van der Waals surface area contributed by atoms with Crippen LogP contribution in [-0.2, 0) is 6.42 Å². The van der Waals surface area contributed by atoms with Gasteiger partial charge in [0.2, 0.25) is 0 Å². The van der Waals surface area contributed by atoms with Crippen molar-refractivity contribution < 1.29 is 13.9 Å². The molecule has 1 unspecified atom stereocenters. The molecule has 2 aromatic carbocycles. The van der Waals surface area contributed by atoms with Crippen molar-refractivity contribution in [1.29, 1.82) is 0 Å². The number of H-pyrrole nitrogens is 1. The molecule has 6 heteroatoms. The number of aromatic nitrogens is 2. The minimum absolute atomic E-state index is 0.0176. The summed E-state index contributed by atoms with van der Waals surface area (Å²) in [6, 6.07) is 12.3. The zero-order valence-electron chi connectivity index (χ0n) is 16.0. The summed E-state index contributed by atoms with van der Waals surface area (Å²) in [6.07, 6.45) is 3.53. The van der Waals surface area contributed by atoms with Crippen LogP contribution < -0.4 is 4.74 Å². The molecule has 2 heterocycles. The highest BCUT2D eigenvalue weighted by molar-refractivity contribution is 5.97. The van der Waals surface area contributed by atoms with E-state index in [-0.39, 0.29) is 17.8 Å². The van der Waals surface area contributed by atoms with Crippen molar-refractivity contribution in [1.82, 2.24) is 14.9 Å². The van der Waals surface area contributed by atoms with Crippen LogP contribution in [0.2, 0.25) is 0 Å². The Morgan fingerprint density at radius 3 is 2.93 bits per heavy atom. The number of carbonyl (C=O) groups is 1. The number of amides is 1. The third-order valence-corrected chi connectivity index (χ3v) is 5.25. The first-order valence-electron chi connectivity index (χ1n) is 9.83. The van der Waals surface area contributed by atoms with Gasteiger partial charge in [-0.3, -0.25) is 4.79 Å². The molecule has 1 aromatic heterocycles. The molecule has 1 atom stereocenters. The Morgan fingerprint density at radius 2 is 2.11 bits per heavy atom. The smallest absolute Gasteiger partial charge is 0.257 e. The standard InChI is InChI=1S/C22H24FN3O2/c1-2-28-19-12-4-3-9-16(19)22(27)26-13-6-5-8-15(26)14-20-24-18-11-7-10-17(23)21(18)25-20/h3-4,7,9-12,15H,2,5-6,8,13-14H2,1H3,(H,24,25). The lowest BCUT2D eigenvalue weighted by Crippen LogP contribution is -2.45. The number of para-hydroxylation sites is 2. The minimum Gasteiger partial charge on any atom is -0.493 e. The molecule has 1 saturated heterocycles. The van der Waals surface area contributed by atoms with E-state index in [9.17, 15) is 9.18 Å². The van der Waals surface area contributed by atoms with E-state index in [4.69, 9.17) is 4.74 Å². The number of nitrogens with zero attached hydrogens (tertiary/aromatic N) is 2. The van der Waals surface area contributed by atoms with Crippen LogP contribution in [0.5, 0.6) is 5.75 Å². The highest BCUT2D eigenvalue weighted by Gasteiger charge is 2.30. The maximum Gasteiger partial charge on any atom is 0.257 e. The first kappa shape index (κ1) is 18.5. The maximum absolute atomic E-state index is 14.0. The summed E-state index contributed by atoms with van der Waals surface area (Å²) in [5, 5.41) is 0. The van der Waals surface area contributed by atoms with Gasteiger partial charge in [0.05, 0.1) is 17.7 Å². The van der Waals surface area contributed by atoms with Gasteiger partial charge in [0.15, 0.2) is 5.82 Å². The summed E-state index contributed by atoms with van der Waals surface area (Å²) in [4.78, 5) is 22.8. The van der Waals surface area contributed by atoms with Gasteiger partial charge in [0, 0.05) is 19.0 Å². The van der Waals surface area contributed by atoms with Crippen molar-refractivity contribution in [3.05, 3.63) is 59.7 Å². The molecule has 1 aliphatic rings. The normalized spacial score (nSPS) is 17.1. The number of benzene rings is 2. The number of rotatable bonds is 5. The van der Waals surface area contributed by atoms with Gasteiger partial charge in [-0.1, -0.05) is 18.2 Å². The molecule has 0 spiro atoms. The summed E-state index contributed by atoms with van der Waals surface area (Å²) >= 11 is 0. The summed E-state index contributed by atoms with van der Waals surface area (Å²) < 4.78 is 19.6. The number of imidazole rings is 1. The zero-order valence-corrected chi connectivity index (χ0v) is 16.0. The SMILES string of the molecule is CCOc1ccccc1C(=O)N1CCCCC1Cc1nc2c(F)cccc2[nH]1. The number of likely N-dealkylation sites (tertiary alicyclic amines) is 1. The number of carbonyl (C=O) groups excluding carboxylic acids is 1. The van der Waals surface area contributed by atoms with Gasteiger partial charge in [-0.05, 0) is 50.5 Å². The van der Waals surface area contributed by atoms with Crippen LogP contribution in [0.25, 0.3) is 11.0 Å². The average molecular weight is 381 g/mol. The molecular weight excluding hydrogens is 357 g/mol. The third kappa shape index (κ3) is 3.59. The average Bonchev–Trinajstić information content (AvgIpc) is 3.13. The summed E-state index contributed by atoms with van der Waals surface area (Å²) in [6.45, 7) is 3.13. The number of piperidine rings is 1. The van der Waals surface area contributed by atoms with E-state index in [0.29, 0.717) is 47.7 Å². The van der Waals surface area contributed by atoms with Gasteiger partial charge in [-0.2, -0.15) is 0 Å². The second kappa shape index (κ2) is 8.00. The number of fused-ring (bicyclic) bond motifs is 1. The van der Waals surface area contributed by atoms with Crippen molar-refractivity contribution in [2.75, 3.05) is 13.2 Å². The Morgan fingerprint density at radius 1 is 1.25 bits per heavy atom. The van der Waals surface area contributed by atoms with Crippen molar-refractivity contribution in [3.8, 4) is 5.75 Å².